The van der Waals surface area contributed by atoms with Crippen molar-refractivity contribution in [2.75, 3.05) is 0 Å². The van der Waals surface area contributed by atoms with Gasteiger partial charge < -0.3 is 5.32 Å². The zero-order chi connectivity index (χ0) is 7.72. The van der Waals surface area contributed by atoms with Crippen molar-refractivity contribution in [3.05, 3.63) is 0 Å². The molecule has 1 aliphatic carbocycles. The summed E-state index contributed by atoms with van der Waals surface area (Å²) in [6, 6.07) is 1.37. The van der Waals surface area contributed by atoms with Crippen molar-refractivity contribution in [2.45, 2.75) is 46.2 Å². The maximum atomic E-state index is 3.54. The molecule has 3 atom stereocenters. The Morgan fingerprint density at radius 3 is 2.10 bits per heavy atom. The van der Waals surface area contributed by atoms with Crippen molar-refractivity contribution in [2.24, 2.45) is 11.8 Å². The minimum absolute atomic E-state index is 0.641. The van der Waals surface area contributed by atoms with Crippen LogP contribution in [0.15, 0.2) is 0 Å². The van der Waals surface area contributed by atoms with E-state index in [0.717, 1.165) is 17.9 Å². The van der Waals surface area contributed by atoms with E-state index in [1.54, 1.807) is 0 Å². The van der Waals surface area contributed by atoms with Crippen LogP contribution >= 0.6 is 0 Å². The van der Waals surface area contributed by atoms with E-state index in [-0.39, 0.29) is 0 Å². The second-order valence-corrected chi connectivity index (χ2v) is 3.99. The van der Waals surface area contributed by atoms with E-state index in [4.69, 9.17) is 0 Å². The molecule has 0 bridgehead atoms. The standard InChI is InChI=1S/C9H19N/c1-6(2)10-8(4)9-5-7(9)3/h6-10H,5H2,1-4H3/t7-,8+,9+/m0/s1. The van der Waals surface area contributed by atoms with Gasteiger partial charge in [0.15, 0.2) is 0 Å². The summed E-state index contributed by atoms with van der Waals surface area (Å²) < 4.78 is 0. The molecule has 1 rings (SSSR count). The van der Waals surface area contributed by atoms with Crippen LogP contribution in [0.1, 0.15) is 34.1 Å². The second-order valence-electron chi connectivity index (χ2n) is 3.99. The van der Waals surface area contributed by atoms with E-state index in [2.05, 4.69) is 33.0 Å². The van der Waals surface area contributed by atoms with E-state index < -0.39 is 0 Å². The molecular formula is C9H19N. The first kappa shape index (κ1) is 8.06. The molecular weight excluding hydrogens is 122 g/mol. The zero-order valence-electron chi connectivity index (χ0n) is 7.52. The molecule has 10 heavy (non-hydrogen) atoms. The predicted octanol–water partition coefficient (Wildman–Crippen LogP) is 2.03. The molecule has 0 unspecified atom stereocenters. The monoisotopic (exact) mass is 141 g/mol. The molecule has 0 aromatic rings. The average Bonchev–Trinajstić information content (AvgIpc) is 2.44. The average molecular weight is 141 g/mol. The lowest BCUT2D eigenvalue weighted by atomic mass is 10.1. The Morgan fingerprint density at radius 2 is 1.80 bits per heavy atom. The highest BCUT2D eigenvalue weighted by Gasteiger charge is 2.36. The summed E-state index contributed by atoms with van der Waals surface area (Å²) in [5.41, 5.74) is 0. The minimum atomic E-state index is 0.641. The first-order valence-corrected chi connectivity index (χ1v) is 4.37. The molecule has 0 aromatic carbocycles. The van der Waals surface area contributed by atoms with Gasteiger partial charge in [0.05, 0.1) is 0 Å². The van der Waals surface area contributed by atoms with Gasteiger partial charge in [-0.2, -0.15) is 0 Å². The summed E-state index contributed by atoms with van der Waals surface area (Å²) in [6.45, 7) is 9.06. The van der Waals surface area contributed by atoms with E-state index in [1.807, 2.05) is 0 Å². The van der Waals surface area contributed by atoms with Gasteiger partial charge in [0.25, 0.3) is 0 Å². The van der Waals surface area contributed by atoms with Gasteiger partial charge in [0, 0.05) is 12.1 Å². The van der Waals surface area contributed by atoms with Crippen LogP contribution in [0.25, 0.3) is 0 Å². The van der Waals surface area contributed by atoms with E-state index in [1.165, 1.54) is 6.42 Å². The predicted molar refractivity (Wildman–Crippen MR) is 45.0 cm³/mol. The van der Waals surface area contributed by atoms with Gasteiger partial charge in [-0.25, -0.2) is 0 Å². The quantitative estimate of drug-likeness (QED) is 0.634. The van der Waals surface area contributed by atoms with Gasteiger partial charge in [0.1, 0.15) is 0 Å². The number of hydrogen-bond donors (Lipinski definition) is 1. The summed E-state index contributed by atoms with van der Waals surface area (Å²) in [7, 11) is 0. The highest BCUT2D eigenvalue weighted by Crippen LogP contribution is 2.40. The Morgan fingerprint density at radius 1 is 1.30 bits per heavy atom. The number of rotatable bonds is 3. The van der Waals surface area contributed by atoms with E-state index in [0.29, 0.717) is 6.04 Å². The molecule has 0 spiro atoms. The normalized spacial score (nSPS) is 34.5. The Bertz CT molecular complexity index is 109. The van der Waals surface area contributed by atoms with Crippen LogP contribution < -0.4 is 5.32 Å². The van der Waals surface area contributed by atoms with Crippen molar-refractivity contribution in [3.63, 3.8) is 0 Å². The van der Waals surface area contributed by atoms with Crippen molar-refractivity contribution in [3.8, 4) is 0 Å². The third kappa shape index (κ3) is 1.98. The molecule has 0 radical (unpaired) electrons. The van der Waals surface area contributed by atoms with Gasteiger partial charge in [-0.1, -0.05) is 20.8 Å². The fourth-order valence-corrected chi connectivity index (χ4v) is 1.70. The topological polar surface area (TPSA) is 12.0 Å². The van der Waals surface area contributed by atoms with Crippen molar-refractivity contribution >= 4 is 0 Å². The summed E-state index contributed by atoms with van der Waals surface area (Å²) in [5.74, 6) is 1.93. The fraction of sp³-hybridized carbons (Fsp3) is 1.00. The van der Waals surface area contributed by atoms with E-state index in [9.17, 15) is 0 Å². The summed E-state index contributed by atoms with van der Waals surface area (Å²) >= 11 is 0. The molecule has 1 N–H and O–H groups in total. The van der Waals surface area contributed by atoms with Crippen LogP contribution in [-0.4, -0.2) is 12.1 Å². The molecule has 0 amide bonds. The SMILES string of the molecule is CC(C)N[C@H](C)[C@@H]1C[C@@H]1C. The lowest BCUT2D eigenvalue weighted by Gasteiger charge is -2.15. The van der Waals surface area contributed by atoms with Gasteiger partial charge >= 0.3 is 0 Å². The molecule has 1 heteroatoms. The Hall–Kier alpha value is -0.0400. The van der Waals surface area contributed by atoms with Crippen molar-refractivity contribution in [1.82, 2.24) is 5.32 Å². The van der Waals surface area contributed by atoms with Gasteiger partial charge in [0.2, 0.25) is 0 Å². The van der Waals surface area contributed by atoms with E-state index >= 15 is 0 Å². The summed E-state index contributed by atoms with van der Waals surface area (Å²) in [6.07, 6.45) is 1.43. The lowest BCUT2D eigenvalue weighted by molar-refractivity contribution is 0.437. The molecule has 1 fully saturated rings. The molecule has 0 aromatic heterocycles. The maximum absolute atomic E-state index is 3.54. The molecule has 0 aliphatic heterocycles. The van der Waals surface area contributed by atoms with Gasteiger partial charge in [-0.3, -0.25) is 0 Å². The van der Waals surface area contributed by atoms with Gasteiger partial charge in [-0.15, -0.1) is 0 Å². The smallest absolute Gasteiger partial charge is 0.00720 e. The largest absolute Gasteiger partial charge is 0.312 e. The number of hydrogen-bond acceptors (Lipinski definition) is 1. The van der Waals surface area contributed by atoms with Crippen LogP contribution in [0.2, 0.25) is 0 Å². The molecule has 60 valence electrons. The molecule has 1 aliphatic rings. The summed E-state index contributed by atoms with van der Waals surface area (Å²) in [5, 5.41) is 3.54. The van der Waals surface area contributed by atoms with Crippen LogP contribution in [0.3, 0.4) is 0 Å². The van der Waals surface area contributed by atoms with Gasteiger partial charge in [-0.05, 0) is 25.2 Å². The third-order valence-electron chi connectivity index (χ3n) is 2.41. The van der Waals surface area contributed by atoms with Crippen LogP contribution in [0.5, 0.6) is 0 Å². The molecule has 1 nitrogen and oxygen atoms in total. The Balaban J connectivity index is 2.16. The van der Waals surface area contributed by atoms with Crippen LogP contribution in [-0.2, 0) is 0 Å². The minimum Gasteiger partial charge on any atom is -0.312 e. The molecule has 1 saturated carbocycles. The summed E-state index contributed by atoms with van der Waals surface area (Å²) in [4.78, 5) is 0. The fourth-order valence-electron chi connectivity index (χ4n) is 1.70. The highest BCUT2D eigenvalue weighted by molar-refractivity contribution is 4.90. The first-order chi connectivity index (χ1) is 4.61. The second kappa shape index (κ2) is 2.91. The third-order valence-corrected chi connectivity index (χ3v) is 2.41. The number of nitrogens with one attached hydrogen (secondary N) is 1. The Labute approximate surface area is 64.2 Å². The Kier molecular flexibility index (Phi) is 2.35. The van der Waals surface area contributed by atoms with Crippen LogP contribution in [0.4, 0.5) is 0 Å². The maximum Gasteiger partial charge on any atom is 0.00720 e. The zero-order valence-corrected chi connectivity index (χ0v) is 7.52. The van der Waals surface area contributed by atoms with Crippen molar-refractivity contribution < 1.29 is 0 Å². The lowest BCUT2D eigenvalue weighted by Crippen LogP contribution is -2.34. The molecule has 0 saturated heterocycles. The highest BCUT2D eigenvalue weighted by atomic mass is 14.9. The van der Waals surface area contributed by atoms with Crippen molar-refractivity contribution in [1.29, 1.82) is 0 Å². The first-order valence-electron chi connectivity index (χ1n) is 4.37. The van der Waals surface area contributed by atoms with Crippen LogP contribution in [0, 0.1) is 11.8 Å². The molecule has 0 heterocycles.